The molecule has 0 N–H and O–H groups in total. The van der Waals surface area contributed by atoms with E-state index >= 15 is 0 Å². The minimum atomic E-state index is -0.240. The number of aromatic nitrogens is 1. The van der Waals surface area contributed by atoms with Crippen LogP contribution in [0.2, 0.25) is 0 Å². The van der Waals surface area contributed by atoms with E-state index in [-0.39, 0.29) is 6.09 Å². The van der Waals surface area contributed by atoms with Gasteiger partial charge in [-0.15, -0.1) is 11.3 Å². The molecule has 1 fully saturated rings. The monoisotopic (exact) mass is 255 g/mol. The first-order chi connectivity index (χ1) is 8.11. The Bertz CT molecular complexity index is 391. The predicted octanol–water partition coefficient (Wildman–Crippen LogP) is 1.65. The molecule has 1 aromatic heterocycles. The van der Waals surface area contributed by atoms with Gasteiger partial charge in [0, 0.05) is 31.1 Å². The van der Waals surface area contributed by atoms with Gasteiger partial charge in [0.2, 0.25) is 0 Å². The van der Waals surface area contributed by atoms with Crippen molar-refractivity contribution in [3.63, 3.8) is 0 Å². The fourth-order valence-electron chi connectivity index (χ4n) is 1.80. The molecule has 0 bridgehead atoms. The van der Waals surface area contributed by atoms with Crippen LogP contribution in [0.5, 0.6) is 0 Å². The Morgan fingerprint density at radius 3 is 2.41 bits per heavy atom. The summed E-state index contributed by atoms with van der Waals surface area (Å²) < 4.78 is 4.71. The summed E-state index contributed by atoms with van der Waals surface area (Å²) >= 11 is 1.72. The summed E-state index contributed by atoms with van der Waals surface area (Å²) in [4.78, 5) is 21.1. The molecular formula is C11H17N3O2S. The molecular weight excluding hydrogens is 238 g/mol. The number of carbonyl (C=O) groups is 1. The summed E-state index contributed by atoms with van der Waals surface area (Å²) in [6, 6.07) is 0. The number of hydrogen-bond acceptors (Lipinski definition) is 5. The summed E-state index contributed by atoms with van der Waals surface area (Å²) in [5.41, 5.74) is 1.10. The molecule has 0 aromatic carbocycles. The molecule has 2 rings (SSSR count). The number of rotatable bonds is 1. The van der Waals surface area contributed by atoms with Crippen molar-refractivity contribution in [3.05, 3.63) is 10.6 Å². The smallest absolute Gasteiger partial charge is 0.409 e. The van der Waals surface area contributed by atoms with E-state index in [9.17, 15) is 4.79 Å². The normalized spacial score (nSPS) is 16.2. The summed E-state index contributed by atoms with van der Waals surface area (Å²) in [7, 11) is 1.42. The summed E-state index contributed by atoms with van der Waals surface area (Å²) in [6.07, 6.45) is -0.240. The van der Waals surface area contributed by atoms with Crippen LogP contribution in [0.15, 0.2) is 0 Å². The lowest BCUT2D eigenvalue weighted by atomic mass is 10.3. The Kier molecular flexibility index (Phi) is 3.51. The van der Waals surface area contributed by atoms with Gasteiger partial charge in [0.15, 0.2) is 5.13 Å². The summed E-state index contributed by atoms with van der Waals surface area (Å²) in [6.45, 7) is 7.15. The van der Waals surface area contributed by atoms with Crippen LogP contribution >= 0.6 is 11.3 Å². The molecule has 1 aliphatic heterocycles. The molecule has 0 saturated carbocycles. The first-order valence-electron chi connectivity index (χ1n) is 5.63. The highest BCUT2D eigenvalue weighted by molar-refractivity contribution is 7.15. The Morgan fingerprint density at radius 2 is 1.94 bits per heavy atom. The third-order valence-corrected chi connectivity index (χ3v) is 4.13. The average molecular weight is 255 g/mol. The fraction of sp³-hybridized carbons (Fsp3) is 0.636. The van der Waals surface area contributed by atoms with Gasteiger partial charge in [0.1, 0.15) is 0 Å². The van der Waals surface area contributed by atoms with E-state index in [0.717, 1.165) is 23.9 Å². The van der Waals surface area contributed by atoms with Gasteiger partial charge in [0.05, 0.1) is 12.8 Å². The van der Waals surface area contributed by atoms with Crippen LogP contribution in [0, 0.1) is 13.8 Å². The number of amides is 1. The average Bonchev–Trinajstić information content (AvgIpc) is 2.69. The third-order valence-electron chi connectivity index (χ3n) is 3.00. The molecule has 1 saturated heterocycles. The molecule has 1 amide bonds. The summed E-state index contributed by atoms with van der Waals surface area (Å²) in [5, 5.41) is 1.06. The van der Waals surface area contributed by atoms with Gasteiger partial charge in [-0.25, -0.2) is 9.78 Å². The van der Waals surface area contributed by atoms with Crippen molar-refractivity contribution in [1.29, 1.82) is 0 Å². The van der Waals surface area contributed by atoms with Gasteiger partial charge in [-0.2, -0.15) is 0 Å². The zero-order valence-corrected chi connectivity index (χ0v) is 11.2. The van der Waals surface area contributed by atoms with Crippen molar-refractivity contribution in [3.8, 4) is 0 Å². The van der Waals surface area contributed by atoms with Gasteiger partial charge < -0.3 is 14.5 Å². The maximum atomic E-state index is 11.3. The van der Waals surface area contributed by atoms with E-state index in [1.165, 1.54) is 12.0 Å². The molecule has 2 heterocycles. The van der Waals surface area contributed by atoms with Crippen molar-refractivity contribution >= 4 is 22.6 Å². The highest BCUT2D eigenvalue weighted by Gasteiger charge is 2.23. The van der Waals surface area contributed by atoms with Crippen LogP contribution in [0.3, 0.4) is 0 Å². The molecule has 0 atom stereocenters. The summed E-state index contributed by atoms with van der Waals surface area (Å²) in [5.74, 6) is 0. The van der Waals surface area contributed by atoms with Crippen molar-refractivity contribution < 1.29 is 9.53 Å². The predicted molar refractivity (Wildman–Crippen MR) is 67.8 cm³/mol. The number of carbonyl (C=O) groups excluding carboxylic acids is 1. The molecule has 94 valence electrons. The number of thiazole rings is 1. The SMILES string of the molecule is COC(=O)N1CCN(c2nc(C)c(C)s2)CC1. The van der Waals surface area contributed by atoms with Gasteiger partial charge in [-0.3, -0.25) is 0 Å². The van der Waals surface area contributed by atoms with Crippen molar-refractivity contribution in [1.82, 2.24) is 9.88 Å². The number of aryl methyl sites for hydroxylation is 2. The third kappa shape index (κ3) is 2.52. The van der Waals surface area contributed by atoms with Gasteiger partial charge in [0.25, 0.3) is 0 Å². The lowest BCUT2D eigenvalue weighted by molar-refractivity contribution is 0.121. The van der Waals surface area contributed by atoms with Crippen molar-refractivity contribution in [2.24, 2.45) is 0 Å². The topological polar surface area (TPSA) is 45.7 Å². The number of hydrogen-bond donors (Lipinski definition) is 0. The first kappa shape index (κ1) is 12.2. The van der Waals surface area contributed by atoms with Crippen LogP contribution in [-0.4, -0.2) is 49.3 Å². The minimum Gasteiger partial charge on any atom is -0.453 e. The Balaban J connectivity index is 1.97. The van der Waals surface area contributed by atoms with Crippen LogP contribution in [0.1, 0.15) is 10.6 Å². The van der Waals surface area contributed by atoms with E-state index in [4.69, 9.17) is 4.74 Å². The number of ether oxygens (including phenoxy) is 1. The quantitative estimate of drug-likeness (QED) is 0.765. The second-order valence-electron chi connectivity index (χ2n) is 4.08. The molecule has 0 aliphatic carbocycles. The molecule has 5 nitrogen and oxygen atoms in total. The Hall–Kier alpha value is -1.30. The first-order valence-corrected chi connectivity index (χ1v) is 6.45. The zero-order valence-electron chi connectivity index (χ0n) is 10.4. The minimum absolute atomic E-state index is 0.240. The number of anilines is 1. The maximum Gasteiger partial charge on any atom is 0.409 e. The van der Waals surface area contributed by atoms with Crippen molar-refractivity contribution in [2.75, 3.05) is 38.2 Å². The second-order valence-corrected chi connectivity index (χ2v) is 5.26. The standard InChI is InChI=1S/C11H17N3O2S/c1-8-9(2)17-10(12-8)13-4-6-14(7-5-13)11(15)16-3/h4-7H2,1-3H3. The largest absolute Gasteiger partial charge is 0.453 e. The number of methoxy groups -OCH3 is 1. The van der Waals surface area contributed by atoms with E-state index < -0.39 is 0 Å². The van der Waals surface area contributed by atoms with Gasteiger partial charge in [-0.1, -0.05) is 0 Å². The Labute approximate surface area is 105 Å². The zero-order chi connectivity index (χ0) is 12.4. The van der Waals surface area contributed by atoms with Crippen LogP contribution in [-0.2, 0) is 4.74 Å². The lowest BCUT2D eigenvalue weighted by Crippen LogP contribution is -2.48. The maximum absolute atomic E-state index is 11.3. The number of nitrogens with zero attached hydrogens (tertiary/aromatic N) is 3. The van der Waals surface area contributed by atoms with Gasteiger partial charge >= 0.3 is 6.09 Å². The van der Waals surface area contributed by atoms with Crippen LogP contribution < -0.4 is 4.90 Å². The molecule has 6 heteroatoms. The van der Waals surface area contributed by atoms with E-state index in [0.29, 0.717) is 13.1 Å². The molecule has 17 heavy (non-hydrogen) atoms. The molecule has 0 spiro atoms. The van der Waals surface area contributed by atoms with Crippen LogP contribution in [0.25, 0.3) is 0 Å². The molecule has 0 unspecified atom stereocenters. The lowest BCUT2D eigenvalue weighted by Gasteiger charge is -2.33. The van der Waals surface area contributed by atoms with Crippen molar-refractivity contribution in [2.45, 2.75) is 13.8 Å². The fourth-order valence-corrected chi connectivity index (χ4v) is 2.76. The van der Waals surface area contributed by atoms with Gasteiger partial charge in [-0.05, 0) is 13.8 Å². The molecule has 1 aromatic rings. The second kappa shape index (κ2) is 4.91. The highest BCUT2D eigenvalue weighted by atomic mass is 32.1. The Morgan fingerprint density at radius 1 is 1.29 bits per heavy atom. The van der Waals surface area contributed by atoms with E-state index in [1.807, 2.05) is 6.92 Å². The van der Waals surface area contributed by atoms with Crippen LogP contribution in [0.4, 0.5) is 9.93 Å². The van der Waals surface area contributed by atoms with E-state index in [1.54, 1.807) is 16.2 Å². The molecule has 1 aliphatic rings. The highest BCUT2D eigenvalue weighted by Crippen LogP contribution is 2.25. The number of piperazine rings is 1. The molecule has 0 radical (unpaired) electrons. The van der Waals surface area contributed by atoms with E-state index in [2.05, 4.69) is 16.8 Å².